The first kappa shape index (κ1) is 17.4. The van der Waals surface area contributed by atoms with Crippen molar-refractivity contribution in [3.05, 3.63) is 28.2 Å². The van der Waals surface area contributed by atoms with Crippen molar-refractivity contribution in [2.75, 3.05) is 40.1 Å². The molecule has 0 bridgehead atoms. The van der Waals surface area contributed by atoms with Crippen LogP contribution in [0.25, 0.3) is 0 Å². The Hall–Kier alpha value is -0.620. The minimum absolute atomic E-state index is 0.336. The summed E-state index contributed by atoms with van der Waals surface area (Å²) in [6.07, 6.45) is 0. The zero-order valence-electron chi connectivity index (χ0n) is 12.4. The molecular formula is C15H24BrNO3. The Morgan fingerprint density at radius 2 is 1.95 bits per heavy atom. The van der Waals surface area contributed by atoms with Crippen LogP contribution in [0.4, 0.5) is 0 Å². The van der Waals surface area contributed by atoms with Gasteiger partial charge in [-0.15, -0.1) is 0 Å². The lowest BCUT2D eigenvalue weighted by molar-refractivity contribution is 0.0543. The van der Waals surface area contributed by atoms with E-state index in [1.165, 1.54) is 5.56 Å². The van der Waals surface area contributed by atoms with Gasteiger partial charge >= 0.3 is 0 Å². The van der Waals surface area contributed by atoms with E-state index in [0.717, 1.165) is 16.8 Å². The van der Waals surface area contributed by atoms with E-state index >= 15 is 0 Å². The van der Waals surface area contributed by atoms with Gasteiger partial charge in [-0.25, -0.2) is 0 Å². The van der Waals surface area contributed by atoms with Crippen molar-refractivity contribution in [1.82, 2.24) is 5.32 Å². The molecule has 0 aliphatic heterocycles. The molecule has 0 saturated heterocycles. The van der Waals surface area contributed by atoms with Gasteiger partial charge in [0, 0.05) is 13.2 Å². The fourth-order valence-electron chi connectivity index (χ4n) is 1.78. The fourth-order valence-corrected chi connectivity index (χ4v) is 2.29. The molecule has 114 valence electrons. The molecule has 0 saturated carbocycles. The molecule has 1 aromatic carbocycles. The quantitative estimate of drug-likeness (QED) is 0.661. The first-order valence-corrected chi connectivity index (χ1v) is 7.70. The van der Waals surface area contributed by atoms with Gasteiger partial charge in [-0.1, -0.05) is 13.0 Å². The molecule has 0 radical (unpaired) electrons. The van der Waals surface area contributed by atoms with E-state index in [0.29, 0.717) is 32.5 Å². The van der Waals surface area contributed by atoms with Crippen molar-refractivity contribution < 1.29 is 14.2 Å². The van der Waals surface area contributed by atoms with Gasteiger partial charge in [-0.2, -0.15) is 0 Å². The summed E-state index contributed by atoms with van der Waals surface area (Å²) < 4.78 is 16.9. The maximum atomic E-state index is 5.68. The topological polar surface area (TPSA) is 39.7 Å². The maximum Gasteiger partial charge on any atom is 0.133 e. The molecule has 0 aliphatic carbocycles. The molecule has 1 rings (SSSR count). The largest absolute Gasteiger partial charge is 0.490 e. The number of hydrogen-bond acceptors (Lipinski definition) is 4. The lowest BCUT2D eigenvalue weighted by atomic mass is 10.1. The lowest BCUT2D eigenvalue weighted by Gasteiger charge is -2.15. The van der Waals surface area contributed by atoms with Crippen LogP contribution in [0, 0.1) is 0 Å². The van der Waals surface area contributed by atoms with E-state index in [1.807, 2.05) is 6.07 Å². The van der Waals surface area contributed by atoms with E-state index in [9.17, 15) is 0 Å². The van der Waals surface area contributed by atoms with Crippen LogP contribution < -0.4 is 10.1 Å². The second-order valence-electron chi connectivity index (χ2n) is 4.42. The summed E-state index contributed by atoms with van der Waals surface area (Å²) in [5.74, 6) is 0.841. The van der Waals surface area contributed by atoms with Gasteiger partial charge in [-0.3, -0.25) is 0 Å². The second kappa shape index (κ2) is 10.2. The average Bonchev–Trinajstić information content (AvgIpc) is 2.44. The zero-order chi connectivity index (χ0) is 14.8. The number of hydrogen-bond donors (Lipinski definition) is 1. The third-order valence-electron chi connectivity index (χ3n) is 2.88. The molecule has 5 heteroatoms. The van der Waals surface area contributed by atoms with Crippen LogP contribution in [0.15, 0.2) is 22.7 Å². The van der Waals surface area contributed by atoms with Gasteiger partial charge in [0.1, 0.15) is 12.4 Å². The zero-order valence-corrected chi connectivity index (χ0v) is 14.0. The van der Waals surface area contributed by atoms with E-state index in [-0.39, 0.29) is 0 Å². The third-order valence-corrected chi connectivity index (χ3v) is 3.50. The van der Waals surface area contributed by atoms with Gasteiger partial charge in [0.15, 0.2) is 0 Å². The van der Waals surface area contributed by atoms with Crippen LogP contribution >= 0.6 is 15.9 Å². The minimum atomic E-state index is 0.336. The van der Waals surface area contributed by atoms with Crippen LogP contribution in [-0.2, 0) is 9.47 Å². The van der Waals surface area contributed by atoms with E-state index in [4.69, 9.17) is 14.2 Å². The Balaban J connectivity index is 2.39. The number of halogens is 1. The highest BCUT2D eigenvalue weighted by Gasteiger charge is 2.07. The normalized spacial score (nSPS) is 12.4. The maximum absolute atomic E-state index is 5.68. The van der Waals surface area contributed by atoms with Gasteiger partial charge in [0.25, 0.3) is 0 Å². The molecule has 4 nitrogen and oxygen atoms in total. The summed E-state index contributed by atoms with van der Waals surface area (Å²) >= 11 is 3.55. The SMILES string of the molecule is CCNC(C)c1ccc(OCCOCCOC)c(Br)c1. The van der Waals surface area contributed by atoms with Crippen molar-refractivity contribution in [2.45, 2.75) is 19.9 Å². The highest BCUT2D eigenvalue weighted by Crippen LogP contribution is 2.28. The highest BCUT2D eigenvalue weighted by atomic mass is 79.9. The smallest absolute Gasteiger partial charge is 0.133 e. The molecule has 1 unspecified atom stereocenters. The van der Waals surface area contributed by atoms with Crippen molar-refractivity contribution >= 4 is 15.9 Å². The highest BCUT2D eigenvalue weighted by molar-refractivity contribution is 9.10. The molecule has 0 aromatic heterocycles. The van der Waals surface area contributed by atoms with Crippen LogP contribution in [0.3, 0.4) is 0 Å². The summed E-state index contributed by atoms with van der Waals surface area (Å²) in [4.78, 5) is 0. The lowest BCUT2D eigenvalue weighted by Crippen LogP contribution is -2.17. The van der Waals surface area contributed by atoms with Gasteiger partial charge < -0.3 is 19.5 Å². The number of ether oxygens (including phenoxy) is 3. The molecule has 1 atom stereocenters. The first-order valence-electron chi connectivity index (χ1n) is 6.91. The van der Waals surface area contributed by atoms with Crippen molar-refractivity contribution in [3.8, 4) is 5.75 Å². The van der Waals surface area contributed by atoms with Crippen LogP contribution in [-0.4, -0.2) is 40.1 Å². The average molecular weight is 346 g/mol. The standard InChI is InChI=1S/C15H24BrNO3/c1-4-17-12(2)13-5-6-15(14(16)11-13)20-10-9-19-8-7-18-3/h5-6,11-12,17H,4,7-10H2,1-3H3. The van der Waals surface area contributed by atoms with E-state index in [1.54, 1.807) is 7.11 Å². The Labute approximate surface area is 129 Å². The van der Waals surface area contributed by atoms with Crippen molar-refractivity contribution in [1.29, 1.82) is 0 Å². The molecular weight excluding hydrogens is 322 g/mol. The number of benzene rings is 1. The van der Waals surface area contributed by atoms with Crippen LogP contribution in [0.5, 0.6) is 5.75 Å². The number of rotatable bonds is 10. The first-order chi connectivity index (χ1) is 9.69. The fraction of sp³-hybridized carbons (Fsp3) is 0.600. The van der Waals surface area contributed by atoms with Gasteiger partial charge in [0.2, 0.25) is 0 Å². The summed E-state index contributed by atoms with van der Waals surface area (Å²) in [5, 5.41) is 3.39. The predicted molar refractivity (Wildman–Crippen MR) is 84.4 cm³/mol. The Morgan fingerprint density at radius 3 is 2.60 bits per heavy atom. The second-order valence-corrected chi connectivity index (χ2v) is 5.28. The molecule has 20 heavy (non-hydrogen) atoms. The van der Waals surface area contributed by atoms with Gasteiger partial charge in [0.05, 0.1) is 24.3 Å². The molecule has 1 N–H and O–H groups in total. The predicted octanol–water partition coefficient (Wildman–Crippen LogP) is 3.16. The van der Waals surface area contributed by atoms with Crippen molar-refractivity contribution in [2.24, 2.45) is 0 Å². The Kier molecular flexibility index (Phi) is 8.85. The third kappa shape index (κ3) is 6.22. The monoisotopic (exact) mass is 345 g/mol. The molecule has 0 amide bonds. The van der Waals surface area contributed by atoms with Crippen LogP contribution in [0.2, 0.25) is 0 Å². The molecule has 0 heterocycles. The van der Waals surface area contributed by atoms with Crippen LogP contribution in [0.1, 0.15) is 25.5 Å². The summed E-state index contributed by atoms with van der Waals surface area (Å²) in [7, 11) is 1.66. The Bertz CT molecular complexity index is 387. The number of methoxy groups -OCH3 is 1. The summed E-state index contributed by atoms with van der Waals surface area (Å²) in [6, 6.07) is 6.50. The minimum Gasteiger partial charge on any atom is -0.490 e. The van der Waals surface area contributed by atoms with E-state index in [2.05, 4.69) is 47.2 Å². The van der Waals surface area contributed by atoms with Gasteiger partial charge in [-0.05, 0) is 47.1 Å². The molecule has 0 aliphatic rings. The number of nitrogens with one attached hydrogen (secondary N) is 1. The summed E-state index contributed by atoms with van der Waals surface area (Å²) in [6.45, 7) is 7.51. The molecule has 0 fully saturated rings. The Morgan fingerprint density at radius 1 is 1.20 bits per heavy atom. The molecule has 0 spiro atoms. The molecule has 1 aromatic rings. The summed E-state index contributed by atoms with van der Waals surface area (Å²) in [5.41, 5.74) is 1.24. The van der Waals surface area contributed by atoms with E-state index < -0.39 is 0 Å². The van der Waals surface area contributed by atoms with Crippen molar-refractivity contribution in [3.63, 3.8) is 0 Å².